The minimum absolute atomic E-state index is 0. The second-order valence-corrected chi connectivity index (χ2v) is 6.45. The largest absolute Gasteiger partial charge is 0.396 e. The van der Waals surface area contributed by atoms with E-state index >= 15 is 0 Å². The van der Waals surface area contributed by atoms with E-state index in [1.807, 2.05) is 0 Å². The number of aliphatic hydroxyl groups excluding tert-OH is 1. The van der Waals surface area contributed by atoms with E-state index in [2.05, 4.69) is 48.7 Å². The zero-order valence-electron chi connectivity index (χ0n) is 15.4. The normalized spacial score (nSPS) is 20.2. The van der Waals surface area contributed by atoms with Crippen LogP contribution in [0.1, 0.15) is 37.8 Å². The summed E-state index contributed by atoms with van der Waals surface area (Å²) in [7, 11) is 0. The number of ether oxygens (including phenoxy) is 1. The fourth-order valence-electron chi connectivity index (χ4n) is 3.15. The maximum absolute atomic E-state index is 9.34. The molecule has 2 rings (SSSR count). The molecule has 6 heteroatoms. The van der Waals surface area contributed by atoms with Crippen LogP contribution >= 0.6 is 24.0 Å². The van der Waals surface area contributed by atoms with Gasteiger partial charge in [0.2, 0.25) is 0 Å². The summed E-state index contributed by atoms with van der Waals surface area (Å²) in [6, 6.07) is 8.45. The molecule has 0 saturated carbocycles. The highest BCUT2D eigenvalue weighted by Gasteiger charge is 2.34. The number of aryl methyl sites for hydroxylation is 1. The van der Waals surface area contributed by atoms with Crippen LogP contribution < -0.4 is 10.6 Å². The molecule has 142 valence electrons. The van der Waals surface area contributed by atoms with Gasteiger partial charge < -0.3 is 20.5 Å². The predicted octanol–water partition coefficient (Wildman–Crippen LogP) is 2.71. The van der Waals surface area contributed by atoms with Crippen molar-refractivity contribution in [3.8, 4) is 0 Å². The van der Waals surface area contributed by atoms with Crippen LogP contribution in [-0.2, 0) is 17.7 Å². The Morgan fingerprint density at radius 1 is 1.24 bits per heavy atom. The molecule has 0 amide bonds. The fraction of sp³-hybridized carbons (Fsp3) is 0.632. The Labute approximate surface area is 168 Å². The van der Waals surface area contributed by atoms with Crippen LogP contribution in [0.3, 0.4) is 0 Å². The maximum Gasteiger partial charge on any atom is 0.191 e. The molecule has 5 nitrogen and oxygen atoms in total. The van der Waals surface area contributed by atoms with E-state index in [1.54, 1.807) is 0 Å². The Bertz CT molecular complexity index is 531. The number of nitrogens with one attached hydrogen (secondary N) is 2. The third-order valence-electron chi connectivity index (χ3n) is 4.71. The fourth-order valence-corrected chi connectivity index (χ4v) is 3.15. The highest BCUT2D eigenvalue weighted by atomic mass is 127. The van der Waals surface area contributed by atoms with Crippen LogP contribution in [0.15, 0.2) is 29.3 Å². The molecule has 1 atom stereocenters. The average molecular weight is 461 g/mol. The van der Waals surface area contributed by atoms with E-state index in [-0.39, 0.29) is 36.0 Å². The smallest absolute Gasteiger partial charge is 0.191 e. The SMILES string of the molecule is CCNC(=NCc1ccccc1CC)NCC1(CCO)CCOC1.I. The standard InChI is InChI=1S/C19H31N3O2.HI/c1-3-16-7-5-6-8-17(16)13-21-18(20-4-2)22-14-19(9-11-23)10-12-24-15-19;/h5-8,23H,3-4,9-15H2,1-2H3,(H2,20,21,22);1H. The molecule has 1 saturated heterocycles. The van der Waals surface area contributed by atoms with Crippen molar-refractivity contribution in [2.24, 2.45) is 10.4 Å². The zero-order valence-corrected chi connectivity index (χ0v) is 17.7. The first-order valence-electron chi connectivity index (χ1n) is 9.00. The van der Waals surface area contributed by atoms with Crippen LogP contribution in [-0.4, -0.2) is 44.0 Å². The van der Waals surface area contributed by atoms with Crippen molar-refractivity contribution in [2.45, 2.75) is 39.7 Å². The Hall–Kier alpha value is -0.860. The molecule has 1 aromatic rings. The van der Waals surface area contributed by atoms with Gasteiger partial charge in [0.05, 0.1) is 13.2 Å². The number of nitrogens with zero attached hydrogens (tertiary/aromatic N) is 1. The first-order chi connectivity index (χ1) is 11.7. The van der Waals surface area contributed by atoms with Crippen LogP contribution in [0.4, 0.5) is 0 Å². The molecule has 1 aliphatic heterocycles. The van der Waals surface area contributed by atoms with Gasteiger partial charge in [-0.15, -0.1) is 24.0 Å². The summed E-state index contributed by atoms with van der Waals surface area (Å²) < 4.78 is 5.55. The molecule has 0 radical (unpaired) electrons. The van der Waals surface area contributed by atoms with Gasteiger partial charge in [-0.1, -0.05) is 31.2 Å². The van der Waals surface area contributed by atoms with Crippen molar-refractivity contribution >= 4 is 29.9 Å². The van der Waals surface area contributed by atoms with Gasteiger partial charge in [-0.2, -0.15) is 0 Å². The summed E-state index contributed by atoms with van der Waals surface area (Å²) in [5, 5.41) is 16.1. The number of aliphatic imine (C=N–C) groups is 1. The number of aliphatic hydroxyl groups is 1. The molecule has 0 bridgehead atoms. The molecule has 0 aliphatic carbocycles. The van der Waals surface area contributed by atoms with Crippen molar-refractivity contribution in [3.05, 3.63) is 35.4 Å². The topological polar surface area (TPSA) is 65.9 Å². The van der Waals surface area contributed by atoms with Gasteiger partial charge in [0.15, 0.2) is 5.96 Å². The molecule has 1 heterocycles. The summed E-state index contributed by atoms with van der Waals surface area (Å²) in [5.74, 6) is 0.827. The van der Waals surface area contributed by atoms with Gasteiger partial charge in [0.25, 0.3) is 0 Å². The minimum atomic E-state index is 0. The van der Waals surface area contributed by atoms with Crippen molar-refractivity contribution in [3.63, 3.8) is 0 Å². The monoisotopic (exact) mass is 461 g/mol. The quantitative estimate of drug-likeness (QED) is 0.317. The summed E-state index contributed by atoms with van der Waals surface area (Å²) in [4.78, 5) is 4.74. The lowest BCUT2D eigenvalue weighted by Crippen LogP contribution is -2.44. The molecular weight excluding hydrogens is 429 g/mol. The number of hydrogen-bond donors (Lipinski definition) is 3. The van der Waals surface area contributed by atoms with E-state index in [0.717, 1.165) is 44.9 Å². The lowest BCUT2D eigenvalue weighted by molar-refractivity contribution is 0.127. The number of guanidine groups is 1. The number of rotatable bonds is 8. The summed E-state index contributed by atoms with van der Waals surface area (Å²) >= 11 is 0. The molecule has 3 N–H and O–H groups in total. The lowest BCUT2D eigenvalue weighted by atomic mass is 9.84. The van der Waals surface area contributed by atoms with Crippen LogP contribution in [0, 0.1) is 5.41 Å². The van der Waals surface area contributed by atoms with E-state index in [1.165, 1.54) is 11.1 Å². The van der Waals surface area contributed by atoms with Crippen LogP contribution in [0.5, 0.6) is 0 Å². The average Bonchev–Trinajstić information content (AvgIpc) is 3.07. The summed E-state index contributed by atoms with van der Waals surface area (Å²) in [5.41, 5.74) is 2.64. The zero-order chi connectivity index (χ0) is 17.3. The number of halogens is 1. The first kappa shape index (κ1) is 22.2. The van der Waals surface area contributed by atoms with Crippen molar-refractivity contribution in [2.75, 3.05) is 32.9 Å². The minimum Gasteiger partial charge on any atom is -0.396 e. The first-order valence-corrected chi connectivity index (χ1v) is 9.00. The predicted molar refractivity (Wildman–Crippen MR) is 114 cm³/mol. The molecule has 1 aliphatic rings. The third kappa shape index (κ3) is 6.75. The van der Waals surface area contributed by atoms with Gasteiger partial charge >= 0.3 is 0 Å². The Morgan fingerprint density at radius 3 is 2.60 bits per heavy atom. The molecule has 0 aromatic heterocycles. The second kappa shape index (κ2) is 11.7. The van der Waals surface area contributed by atoms with E-state index in [9.17, 15) is 5.11 Å². The van der Waals surface area contributed by atoms with E-state index < -0.39 is 0 Å². The summed E-state index contributed by atoms with van der Waals surface area (Å²) in [6.45, 7) is 8.19. The molecule has 0 spiro atoms. The highest BCUT2D eigenvalue weighted by molar-refractivity contribution is 14.0. The van der Waals surface area contributed by atoms with Gasteiger partial charge in [-0.25, -0.2) is 4.99 Å². The molecule has 1 aromatic carbocycles. The van der Waals surface area contributed by atoms with Crippen molar-refractivity contribution in [1.82, 2.24) is 10.6 Å². The highest BCUT2D eigenvalue weighted by Crippen LogP contribution is 2.31. The van der Waals surface area contributed by atoms with Crippen LogP contribution in [0.25, 0.3) is 0 Å². The van der Waals surface area contributed by atoms with E-state index in [4.69, 9.17) is 9.73 Å². The molecule has 1 fully saturated rings. The second-order valence-electron chi connectivity index (χ2n) is 6.45. The van der Waals surface area contributed by atoms with Gasteiger partial charge in [0, 0.05) is 31.7 Å². The van der Waals surface area contributed by atoms with Gasteiger partial charge in [-0.05, 0) is 37.3 Å². The van der Waals surface area contributed by atoms with Crippen molar-refractivity contribution < 1.29 is 9.84 Å². The van der Waals surface area contributed by atoms with Gasteiger partial charge in [-0.3, -0.25) is 0 Å². The lowest BCUT2D eigenvalue weighted by Gasteiger charge is -2.27. The van der Waals surface area contributed by atoms with Crippen molar-refractivity contribution in [1.29, 1.82) is 0 Å². The summed E-state index contributed by atoms with van der Waals surface area (Å²) in [6.07, 6.45) is 2.77. The maximum atomic E-state index is 9.34. The molecule has 1 unspecified atom stereocenters. The molecular formula is C19H32IN3O2. The molecule has 25 heavy (non-hydrogen) atoms. The van der Waals surface area contributed by atoms with Crippen LogP contribution in [0.2, 0.25) is 0 Å². The Balaban J connectivity index is 0.00000312. The van der Waals surface area contributed by atoms with Gasteiger partial charge in [0.1, 0.15) is 0 Å². The third-order valence-corrected chi connectivity index (χ3v) is 4.71. The van der Waals surface area contributed by atoms with E-state index in [0.29, 0.717) is 13.2 Å². The Morgan fingerprint density at radius 2 is 2.00 bits per heavy atom. The number of benzene rings is 1. The number of hydrogen-bond acceptors (Lipinski definition) is 3. The Kier molecular flexibility index (Phi) is 10.4.